The average molecular weight is 361 g/mol. The van der Waals surface area contributed by atoms with E-state index in [-0.39, 0.29) is 10.5 Å². The van der Waals surface area contributed by atoms with Crippen molar-refractivity contribution in [1.29, 1.82) is 0 Å². The molecule has 0 bridgehead atoms. The molecule has 0 fully saturated rings. The molecule has 132 valence electrons. The summed E-state index contributed by atoms with van der Waals surface area (Å²) in [6.45, 7) is 5.58. The normalized spacial score (nSPS) is 10.8. The number of carbonyl (C=O) groups is 1. The quantitative estimate of drug-likeness (QED) is 0.605. The smallest absolute Gasteiger partial charge is 0.338 e. The minimum atomic E-state index is -3.87. The second-order valence-electron chi connectivity index (χ2n) is 5.20. The minimum absolute atomic E-state index is 0.0316. The third-order valence-electron chi connectivity index (χ3n) is 3.38. The molecule has 0 amide bonds. The molecule has 0 heterocycles. The van der Waals surface area contributed by atoms with Crippen LogP contribution in [0.1, 0.15) is 15.9 Å². The van der Waals surface area contributed by atoms with Crippen molar-refractivity contribution in [2.24, 2.45) is 0 Å². The van der Waals surface area contributed by atoms with E-state index in [0.29, 0.717) is 23.6 Å². The maximum Gasteiger partial charge on any atom is 0.338 e. The second-order valence-corrected chi connectivity index (χ2v) is 6.88. The van der Waals surface area contributed by atoms with Crippen LogP contribution >= 0.6 is 0 Å². The van der Waals surface area contributed by atoms with Crippen LogP contribution in [0, 0.1) is 6.92 Å². The Morgan fingerprint density at radius 3 is 2.68 bits per heavy atom. The van der Waals surface area contributed by atoms with Crippen molar-refractivity contribution >= 4 is 21.7 Å². The summed E-state index contributed by atoms with van der Waals surface area (Å²) in [5.41, 5.74) is 1.18. The summed E-state index contributed by atoms with van der Waals surface area (Å²) in [5.74, 6) is -0.0753. The van der Waals surface area contributed by atoms with E-state index in [1.54, 1.807) is 43.3 Å². The van der Waals surface area contributed by atoms with Crippen molar-refractivity contribution in [1.82, 2.24) is 0 Å². The van der Waals surface area contributed by atoms with Gasteiger partial charge in [-0.05, 0) is 36.8 Å². The molecule has 6 nitrogen and oxygen atoms in total. The van der Waals surface area contributed by atoms with E-state index in [1.165, 1.54) is 19.2 Å². The number of anilines is 1. The molecule has 25 heavy (non-hydrogen) atoms. The lowest BCUT2D eigenvalue weighted by molar-refractivity contribution is 0.0599. The Kier molecular flexibility index (Phi) is 5.82. The summed E-state index contributed by atoms with van der Waals surface area (Å²) in [6.07, 6.45) is 1.59. The fourth-order valence-electron chi connectivity index (χ4n) is 2.12. The molecule has 0 aromatic heterocycles. The monoisotopic (exact) mass is 361 g/mol. The van der Waals surface area contributed by atoms with Gasteiger partial charge in [-0.25, -0.2) is 13.2 Å². The fourth-order valence-corrected chi connectivity index (χ4v) is 3.19. The lowest BCUT2D eigenvalue weighted by Gasteiger charge is -2.11. The SMILES string of the molecule is C=CCOc1cccc(NS(=O)(=O)c2ccc(C)c(C(=O)OC)c2)c1. The molecule has 0 aliphatic carbocycles. The maximum atomic E-state index is 12.6. The Hall–Kier alpha value is -2.80. The summed E-state index contributed by atoms with van der Waals surface area (Å²) in [4.78, 5) is 11.7. The largest absolute Gasteiger partial charge is 0.489 e. The lowest BCUT2D eigenvalue weighted by Crippen LogP contribution is -2.14. The number of benzene rings is 2. The average Bonchev–Trinajstić information content (AvgIpc) is 2.59. The number of aryl methyl sites for hydroxylation is 1. The fraction of sp³-hybridized carbons (Fsp3) is 0.167. The van der Waals surface area contributed by atoms with Crippen LogP contribution in [0.4, 0.5) is 5.69 Å². The van der Waals surface area contributed by atoms with Crippen molar-refractivity contribution < 1.29 is 22.7 Å². The Morgan fingerprint density at radius 2 is 2.00 bits per heavy atom. The van der Waals surface area contributed by atoms with Crippen LogP contribution in [0.5, 0.6) is 5.75 Å². The van der Waals surface area contributed by atoms with Crippen molar-refractivity contribution in [2.75, 3.05) is 18.4 Å². The first-order chi connectivity index (χ1) is 11.9. The predicted molar refractivity (Wildman–Crippen MR) is 95.5 cm³/mol. The van der Waals surface area contributed by atoms with Gasteiger partial charge in [-0.15, -0.1) is 0 Å². The second kappa shape index (κ2) is 7.85. The highest BCUT2D eigenvalue weighted by Crippen LogP contribution is 2.22. The molecule has 0 radical (unpaired) electrons. The summed E-state index contributed by atoms with van der Waals surface area (Å²) < 4.78 is 37.7. The first-order valence-corrected chi connectivity index (χ1v) is 8.91. The van der Waals surface area contributed by atoms with Crippen molar-refractivity contribution in [3.8, 4) is 5.75 Å². The molecule has 0 aliphatic heterocycles. The molecule has 2 aromatic carbocycles. The topological polar surface area (TPSA) is 81.7 Å². The number of hydrogen-bond donors (Lipinski definition) is 1. The van der Waals surface area contributed by atoms with Gasteiger partial charge in [0.25, 0.3) is 10.0 Å². The molecule has 0 saturated heterocycles. The van der Waals surface area contributed by atoms with Gasteiger partial charge in [0.05, 0.1) is 23.3 Å². The standard InChI is InChI=1S/C18H19NO5S/c1-4-10-24-15-7-5-6-14(11-15)19-25(21,22)16-9-8-13(2)17(12-16)18(20)23-3/h4-9,11-12,19H,1,10H2,2-3H3. The van der Waals surface area contributed by atoms with Crippen LogP contribution in [0.2, 0.25) is 0 Å². The highest BCUT2D eigenvalue weighted by molar-refractivity contribution is 7.92. The van der Waals surface area contributed by atoms with E-state index >= 15 is 0 Å². The molecule has 1 N–H and O–H groups in total. The van der Waals surface area contributed by atoms with Gasteiger partial charge in [0.1, 0.15) is 12.4 Å². The number of nitrogens with one attached hydrogen (secondary N) is 1. The molecule has 0 unspecified atom stereocenters. The number of methoxy groups -OCH3 is 1. The molecule has 0 atom stereocenters. The van der Waals surface area contributed by atoms with Gasteiger partial charge in [-0.2, -0.15) is 0 Å². The number of ether oxygens (including phenoxy) is 2. The predicted octanol–water partition coefficient (Wildman–Crippen LogP) is 3.15. The third kappa shape index (κ3) is 4.60. The molecule has 2 rings (SSSR count). The molecule has 0 aliphatic rings. The third-order valence-corrected chi connectivity index (χ3v) is 4.76. The Bertz CT molecular complexity index is 890. The van der Waals surface area contributed by atoms with Gasteiger partial charge in [0.15, 0.2) is 0 Å². The van der Waals surface area contributed by atoms with E-state index in [0.717, 1.165) is 0 Å². The van der Waals surface area contributed by atoms with Crippen LogP contribution in [-0.4, -0.2) is 28.1 Å². The maximum absolute atomic E-state index is 12.6. The van der Waals surface area contributed by atoms with Gasteiger partial charge >= 0.3 is 5.97 Å². The van der Waals surface area contributed by atoms with Crippen LogP contribution in [0.3, 0.4) is 0 Å². The van der Waals surface area contributed by atoms with Gasteiger partial charge in [0.2, 0.25) is 0 Å². The first-order valence-electron chi connectivity index (χ1n) is 7.43. The van der Waals surface area contributed by atoms with Crippen molar-refractivity contribution in [3.63, 3.8) is 0 Å². The van der Waals surface area contributed by atoms with E-state index in [4.69, 9.17) is 4.74 Å². The Balaban J connectivity index is 2.30. The van der Waals surface area contributed by atoms with Gasteiger partial charge < -0.3 is 9.47 Å². The lowest BCUT2D eigenvalue weighted by atomic mass is 10.1. The molecule has 0 saturated carbocycles. The van der Waals surface area contributed by atoms with Gasteiger partial charge in [-0.3, -0.25) is 4.72 Å². The Morgan fingerprint density at radius 1 is 1.24 bits per heavy atom. The number of carbonyl (C=O) groups excluding carboxylic acids is 1. The summed E-state index contributed by atoms with van der Waals surface area (Å²) in [6, 6.07) is 10.8. The zero-order valence-electron chi connectivity index (χ0n) is 14.0. The number of esters is 1. The first kappa shape index (κ1) is 18.5. The minimum Gasteiger partial charge on any atom is -0.489 e. The molecule has 0 spiro atoms. The molecule has 2 aromatic rings. The summed E-state index contributed by atoms with van der Waals surface area (Å²) in [5, 5.41) is 0. The number of rotatable bonds is 7. The van der Waals surface area contributed by atoms with Crippen molar-refractivity contribution in [3.05, 3.63) is 66.2 Å². The van der Waals surface area contributed by atoms with Gasteiger partial charge in [0, 0.05) is 6.07 Å². The summed E-state index contributed by atoms with van der Waals surface area (Å²) in [7, 11) is -2.62. The molecule has 7 heteroatoms. The van der Waals surface area contributed by atoms with E-state index < -0.39 is 16.0 Å². The zero-order chi connectivity index (χ0) is 18.4. The highest BCUT2D eigenvalue weighted by Gasteiger charge is 2.18. The van der Waals surface area contributed by atoms with E-state index in [9.17, 15) is 13.2 Å². The van der Waals surface area contributed by atoms with Crippen LogP contribution in [0.15, 0.2) is 60.0 Å². The number of sulfonamides is 1. The van der Waals surface area contributed by atoms with Crippen molar-refractivity contribution in [2.45, 2.75) is 11.8 Å². The highest BCUT2D eigenvalue weighted by atomic mass is 32.2. The van der Waals surface area contributed by atoms with E-state index in [1.807, 2.05) is 0 Å². The van der Waals surface area contributed by atoms with Crippen LogP contribution < -0.4 is 9.46 Å². The Labute approximate surface area is 147 Å². The van der Waals surface area contributed by atoms with E-state index in [2.05, 4.69) is 16.0 Å². The number of hydrogen-bond acceptors (Lipinski definition) is 5. The molecular formula is C18H19NO5S. The zero-order valence-corrected chi connectivity index (χ0v) is 14.8. The van der Waals surface area contributed by atoms with Crippen LogP contribution in [0.25, 0.3) is 0 Å². The van der Waals surface area contributed by atoms with Crippen LogP contribution in [-0.2, 0) is 14.8 Å². The molecular weight excluding hydrogens is 342 g/mol. The summed E-state index contributed by atoms with van der Waals surface area (Å²) >= 11 is 0. The van der Waals surface area contributed by atoms with Gasteiger partial charge in [-0.1, -0.05) is 24.8 Å².